The number of hydrogen-bond donors (Lipinski definition) is 1. The maximum absolute atomic E-state index is 13.7. The van der Waals surface area contributed by atoms with E-state index in [1.807, 2.05) is 0 Å². The minimum absolute atomic E-state index is 0.00362. The third kappa shape index (κ3) is 9.80. The van der Waals surface area contributed by atoms with Gasteiger partial charge in [0.15, 0.2) is 25.7 Å². The summed E-state index contributed by atoms with van der Waals surface area (Å²) in [5.41, 5.74) is 0.151. The van der Waals surface area contributed by atoms with Crippen molar-refractivity contribution in [3.05, 3.63) is 29.3 Å². The number of halogens is 2. The monoisotopic (exact) mass is 450 g/mol. The number of aliphatic hydroxyl groups is 1. The topological polar surface area (TPSA) is 66.4 Å². The molecule has 0 heterocycles. The van der Waals surface area contributed by atoms with Crippen LogP contribution in [0, 0.1) is 11.6 Å². The molecule has 0 aliphatic rings. The summed E-state index contributed by atoms with van der Waals surface area (Å²) >= 11 is 0. The lowest BCUT2D eigenvalue weighted by Crippen LogP contribution is -2.41. The first-order valence-corrected chi connectivity index (χ1v) is 13.1. The van der Waals surface area contributed by atoms with E-state index in [1.54, 1.807) is 0 Å². The highest BCUT2D eigenvalue weighted by atomic mass is 28.4. The zero-order valence-electron chi connectivity index (χ0n) is 18.8. The average Bonchev–Trinajstić information content (AvgIpc) is 2.65. The van der Waals surface area contributed by atoms with Crippen LogP contribution in [0.15, 0.2) is 12.1 Å². The van der Waals surface area contributed by atoms with Crippen molar-refractivity contribution in [3.8, 4) is 5.75 Å². The lowest BCUT2D eigenvalue weighted by Gasteiger charge is -2.36. The number of aliphatic hydroxyl groups excluding tert-OH is 1. The Labute approximate surface area is 179 Å². The van der Waals surface area contributed by atoms with Crippen molar-refractivity contribution in [1.29, 1.82) is 0 Å². The molecular weight excluding hydrogens is 414 g/mol. The van der Waals surface area contributed by atoms with Gasteiger partial charge in [0.05, 0.1) is 52.9 Å². The van der Waals surface area contributed by atoms with Gasteiger partial charge in [0.2, 0.25) is 0 Å². The first-order chi connectivity index (χ1) is 14.1. The van der Waals surface area contributed by atoms with Crippen LogP contribution in [-0.4, -0.2) is 66.3 Å². The van der Waals surface area contributed by atoms with E-state index in [4.69, 9.17) is 28.5 Å². The molecule has 0 amide bonds. The van der Waals surface area contributed by atoms with Gasteiger partial charge >= 0.3 is 0 Å². The fourth-order valence-corrected chi connectivity index (χ4v) is 3.19. The molecule has 1 aromatic rings. The SMILES string of the molecule is CC(C)(C)[Si](C)(C)OCCOCCOCCOCCOc1c(F)cc(CO)cc1F. The van der Waals surface area contributed by atoms with Gasteiger partial charge in [0, 0.05) is 0 Å². The lowest BCUT2D eigenvalue weighted by molar-refractivity contribution is 0.00398. The Balaban J connectivity index is 1.99. The molecule has 1 N–H and O–H groups in total. The third-order valence-electron chi connectivity index (χ3n) is 4.96. The van der Waals surface area contributed by atoms with Crippen molar-refractivity contribution in [2.24, 2.45) is 0 Å². The molecule has 0 spiro atoms. The maximum atomic E-state index is 13.7. The summed E-state index contributed by atoms with van der Waals surface area (Å²) in [7, 11) is -1.72. The molecule has 0 atom stereocenters. The molecule has 0 aliphatic carbocycles. The fraction of sp³-hybridized carbons (Fsp3) is 0.714. The third-order valence-corrected chi connectivity index (χ3v) is 9.49. The van der Waals surface area contributed by atoms with E-state index in [9.17, 15) is 8.78 Å². The van der Waals surface area contributed by atoms with E-state index in [1.165, 1.54) is 0 Å². The summed E-state index contributed by atoms with van der Waals surface area (Å²) in [4.78, 5) is 0. The summed E-state index contributed by atoms with van der Waals surface area (Å²) in [5.74, 6) is -2.17. The molecule has 0 aliphatic heterocycles. The zero-order chi connectivity index (χ0) is 22.6. The molecule has 0 aromatic heterocycles. The predicted octanol–water partition coefficient (Wildman–Crippen LogP) is 3.91. The summed E-state index contributed by atoms with van der Waals surface area (Å²) in [6.45, 7) is 13.5. The minimum Gasteiger partial charge on any atom is -0.485 e. The van der Waals surface area contributed by atoms with E-state index in [0.29, 0.717) is 39.6 Å². The van der Waals surface area contributed by atoms with Crippen molar-refractivity contribution in [1.82, 2.24) is 0 Å². The molecule has 174 valence electrons. The van der Waals surface area contributed by atoms with Gasteiger partial charge in [-0.25, -0.2) is 8.78 Å². The second-order valence-electron chi connectivity index (χ2n) is 8.34. The molecule has 6 nitrogen and oxygen atoms in total. The zero-order valence-corrected chi connectivity index (χ0v) is 19.8. The summed E-state index contributed by atoms with van der Waals surface area (Å²) < 4.78 is 54.6. The van der Waals surface area contributed by atoms with E-state index >= 15 is 0 Å². The molecule has 0 radical (unpaired) electrons. The van der Waals surface area contributed by atoms with Crippen LogP contribution in [0.4, 0.5) is 8.78 Å². The summed E-state index contributed by atoms with van der Waals surface area (Å²) in [6, 6.07) is 2.07. The van der Waals surface area contributed by atoms with E-state index in [-0.39, 0.29) is 23.8 Å². The second kappa shape index (κ2) is 13.3. The molecule has 9 heteroatoms. The van der Waals surface area contributed by atoms with Gasteiger partial charge in [-0.3, -0.25) is 0 Å². The Bertz CT molecular complexity index is 599. The van der Waals surface area contributed by atoms with Gasteiger partial charge in [-0.15, -0.1) is 0 Å². The summed E-state index contributed by atoms with van der Waals surface area (Å²) in [6.07, 6.45) is 0. The van der Waals surface area contributed by atoms with Crippen molar-refractivity contribution in [2.45, 2.75) is 45.5 Å². The van der Waals surface area contributed by atoms with Gasteiger partial charge in [-0.1, -0.05) is 20.8 Å². The molecule has 30 heavy (non-hydrogen) atoms. The molecule has 1 rings (SSSR count). The van der Waals surface area contributed by atoms with Gasteiger partial charge in [0.1, 0.15) is 6.61 Å². The second-order valence-corrected chi connectivity index (χ2v) is 13.2. The fourth-order valence-electron chi connectivity index (χ4n) is 2.16. The molecule has 0 unspecified atom stereocenters. The predicted molar refractivity (Wildman–Crippen MR) is 113 cm³/mol. The van der Waals surface area contributed by atoms with Crippen molar-refractivity contribution in [2.75, 3.05) is 52.9 Å². The molecule has 0 saturated carbocycles. The number of benzene rings is 1. The van der Waals surface area contributed by atoms with Gasteiger partial charge in [-0.05, 0) is 35.8 Å². The van der Waals surface area contributed by atoms with Crippen molar-refractivity contribution in [3.63, 3.8) is 0 Å². The Morgan fingerprint density at radius 2 is 1.23 bits per heavy atom. The molecule has 0 fully saturated rings. The summed E-state index contributed by atoms with van der Waals surface area (Å²) in [5, 5.41) is 9.09. The maximum Gasteiger partial charge on any atom is 0.192 e. The van der Waals surface area contributed by atoms with Crippen LogP contribution >= 0.6 is 0 Å². The first-order valence-electron chi connectivity index (χ1n) is 10.2. The van der Waals surface area contributed by atoms with Crippen molar-refractivity contribution < 1.29 is 37.3 Å². The highest BCUT2D eigenvalue weighted by Gasteiger charge is 2.36. The van der Waals surface area contributed by atoms with Gasteiger partial charge in [0.25, 0.3) is 0 Å². The Hall–Kier alpha value is -1.10. The number of hydrogen-bond acceptors (Lipinski definition) is 6. The normalized spacial score (nSPS) is 12.4. The average molecular weight is 451 g/mol. The van der Waals surface area contributed by atoms with Crippen molar-refractivity contribution >= 4 is 8.32 Å². The highest BCUT2D eigenvalue weighted by Crippen LogP contribution is 2.36. The van der Waals surface area contributed by atoms with Crippen LogP contribution in [0.3, 0.4) is 0 Å². The van der Waals surface area contributed by atoms with E-state index in [2.05, 4.69) is 33.9 Å². The lowest BCUT2D eigenvalue weighted by atomic mass is 10.2. The Kier molecular flexibility index (Phi) is 12.0. The Morgan fingerprint density at radius 1 is 0.800 bits per heavy atom. The van der Waals surface area contributed by atoms with Crippen LogP contribution in [-0.2, 0) is 25.2 Å². The van der Waals surface area contributed by atoms with Crippen LogP contribution < -0.4 is 4.74 Å². The number of ether oxygens (including phenoxy) is 4. The first kappa shape index (κ1) is 26.9. The van der Waals surface area contributed by atoms with Crippen LogP contribution in [0.1, 0.15) is 26.3 Å². The molecule has 0 saturated heterocycles. The van der Waals surface area contributed by atoms with E-state index in [0.717, 1.165) is 12.1 Å². The minimum atomic E-state index is -1.72. The standard InChI is InChI=1S/C21H36F2O6Si/c1-21(2,3)30(4,5)29-13-11-27-9-7-25-6-8-26-10-12-28-20-18(22)14-17(16-24)15-19(20)23/h14-15,24H,6-13,16H2,1-5H3. The van der Waals surface area contributed by atoms with Gasteiger partial charge in [-0.2, -0.15) is 0 Å². The van der Waals surface area contributed by atoms with Gasteiger partial charge < -0.3 is 28.5 Å². The molecule has 1 aromatic carbocycles. The molecule has 0 bridgehead atoms. The highest BCUT2D eigenvalue weighted by molar-refractivity contribution is 6.74. The largest absolute Gasteiger partial charge is 0.485 e. The molecular formula is C21H36F2O6Si. The number of rotatable bonds is 15. The van der Waals surface area contributed by atoms with Crippen LogP contribution in [0.25, 0.3) is 0 Å². The Morgan fingerprint density at radius 3 is 1.67 bits per heavy atom. The quantitative estimate of drug-likeness (QED) is 0.323. The van der Waals surface area contributed by atoms with Crippen LogP contribution in [0.5, 0.6) is 5.75 Å². The smallest absolute Gasteiger partial charge is 0.192 e. The van der Waals surface area contributed by atoms with E-state index < -0.39 is 32.3 Å². The van der Waals surface area contributed by atoms with Crippen LogP contribution in [0.2, 0.25) is 18.1 Å².